The Balaban J connectivity index is 1.44. The minimum absolute atomic E-state index is 1.00. The lowest BCUT2D eigenvalue weighted by Gasteiger charge is -2.12. The third kappa shape index (κ3) is 3.77. The third-order valence-electron chi connectivity index (χ3n) is 6.61. The predicted octanol–water partition coefficient (Wildman–Crippen LogP) is 10.2. The summed E-state index contributed by atoms with van der Waals surface area (Å²) in [4.78, 5) is 10.7. The Kier molecular flexibility index (Phi) is 5.47. The van der Waals surface area contributed by atoms with Crippen molar-refractivity contribution in [2.24, 2.45) is 0 Å². The second kappa shape index (κ2) is 9.10. The van der Waals surface area contributed by atoms with Gasteiger partial charge in [0.05, 0.1) is 0 Å². The number of rotatable bonds is 6. The van der Waals surface area contributed by atoms with E-state index in [-0.39, 0.29) is 0 Å². The number of aromatic nitrogens is 2. The van der Waals surface area contributed by atoms with E-state index in [0.29, 0.717) is 0 Å². The van der Waals surface area contributed by atoms with Crippen LogP contribution in [0.3, 0.4) is 0 Å². The van der Waals surface area contributed by atoms with Gasteiger partial charge in [0.2, 0.25) is 0 Å². The Morgan fingerprint density at radius 2 is 1.08 bits per heavy atom. The van der Waals surface area contributed by atoms with E-state index >= 15 is 0 Å². The van der Waals surface area contributed by atoms with E-state index in [9.17, 15) is 0 Å². The van der Waals surface area contributed by atoms with Gasteiger partial charge in [-0.3, -0.25) is 0 Å². The molecule has 5 aromatic heterocycles. The molecule has 7 rings (SSSR count). The Labute approximate surface area is 221 Å². The highest BCUT2D eigenvalue weighted by molar-refractivity contribution is 7.15. The molecule has 0 aliphatic heterocycles. The first kappa shape index (κ1) is 21.6. The van der Waals surface area contributed by atoms with E-state index in [1.807, 2.05) is 23.7 Å². The number of nitrogens with one attached hydrogen (secondary N) is 2. The van der Waals surface area contributed by atoms with Crippen LogP contribution < -0.4 is 0 Å². The zero-order chi connectivity index (χ0) is 23.9. The van der Waals surface area contributed by atoms with Gasteiger partial charge < -0.3 is 9.97 Å². The number of allylic oxidation sites excluding steroid dienone is 4. The molecule has 0 unspecified atom stereocenters. The van der Waals surface area contributed by atoms with Crippen molar-refractivity contribution in [3.63, 3.8) is 0 Å². The number of aromatic amines is 2. The minimum Gasteiger partial charge on any atom is -0.361 e. The zero-order valence-electron chi connectivity index (χ0n) is 19.3. The van der Waals surface area contributed by atoms with Crippen LogP contribution in [-0.2, 0) is 0 Å². The highest BCUT2D eigenvalue weighted by Crippen LogP contribution is 2.45. The topological polar surface area (TPSA) is 31.6 Å². The van der Waals surface area contributed by atoms with Crippen LogP contribution >= 0.6 is 34.0 Å². The number of thiophene rings is 3. The number of hydrogen-bond acceptors (Lipinski definition) is 3. The van der Waals surface area contributed by atoms with Gasteiger partial charge in [0, 0.05) is 49.5 Å². The average molecular weight is 519 g/mol. The molecule has 0 amide bonds. The first-order valence-electron chi connectivity index (χ1n) is 11.9. The molecule has 0 bridgehead atoms. The summed E-state index contributed by atoms with van der Waals surface area (Å²) < 4.78 is 0. The van der Waals surface area contributed by atoms with Crippen LogP contribution in [0.15, 0.2) is 107 Å². The molecule has 1 aliphatic carbocycles. The summed E-state index contributed by atoms with van der Waals surface area (Å²) >= 11 is 5.44. The lowest BCUT2D eigenvalue weighted by Crippen LogP contribution is -1.88. The van der Waals surface area contributed by atoms with Gasteiger partial charge in [0.15, 0.2) is 0 Å². The smallest absolute Gasteiger partial charge is 0.0468 e. The lowest BCUT2D eigenvalue weighted by molar-refractivity contribution is 1.41. The highest BCUT2D eigenvalue weighted by atomic mass is 32.1. The van der Waals surface area contributed by atoms with Gasteiger partial charge in [0.25, 0.3) is 0 Å². The fourth-order valence-corrected chi connectivity index (χ4v) is 7.66. The van der Waals surface area contributed by atoms with Gasteiger partial charge in [-0.2, -0.15) is 0 Å². The molecule has 1 aliphatic rings. The maximum atomic E-state index is 3.40. The normalized spacial score (nSPS) is 12.9. The monoisotopic (exact) mass is 518 g/mol. The molecule has 0 atom stereocenters. The highest BCUT2D eigenvalue weighted by Gasteiger charge is 2.19. The quantitative estimate of drug-likeness (QED) is 0.220. The Morgan fingerprint density at radius 1 is 0.583 bits per heavy atom. The molecule has 6 aromatic rings. The van der Waals surface area contributed by atoms with Crippen LogP contribution in [-0.4, -0.2) is 9.97 Å². The van der Waals surface area contributed by atoms with Crippen molar-refractivity contribution in [2.75, 3.05) is 0 Å². The molecule has 2 N–H and O–H groups in total. The summed E-state index contributed by atoms with van der Waals surface area (Å²) in [7, 11) is 0. The maximum Gasteiger partial charge on any atom is 0.0468 e. The molecule has 36 heavy (non-hydrogen) atoms. The van der Waals surface area contributed by atoms with Crippen molar-refractivity contribution in [3.05, 3.63) is 113 Å². The number of H-pyrrole nitrogens is 2. The first-order valence-corrected chi connectivity index (χ1v) is 14.5. The summed E-state index contributed by atoms with van der Waals surface area (Å²) in [5, 5.41) is 6.61. The molecular formula is C31H22N2S3. The molecule has 0 saturated heterocycles. The summed E-state index contributed by atoms with van der Waals surface area (Å²) in [6.07, 6.45) is 11.6. The second-order valence-corrected chi connectivity index (χ2v) is 11.5. The fraction of sp³-hybridized carbons (Fsp3) is 0.0323. The van der Waals surface area contributed by atoms with Crippen molar-refractivity contribution in [1.29, 1.82) is 0 Å². The van der Waals surface area contributed by atoms with Crippen LogP contribution in [0.25, 0.3) is 59.4 Å². The molecule has 0 radical (unpaired) electrons. The van der Waals surface area contributed by atoms with E-state index in [4.69, 9.17) is 0 Å². The molecule has 174 valence electrons. The third-order valence-corrected chi connectivity index (χ3v) is 9.50. The van der Waals surface area contributed by atoms with Gasteiger partial charge in [-0.05, 0) is 111 Å². The molecule has 1 aromatic carbocycles. The second-order valence-electron chi connectivity index (χ2n) is 8.78. The standard InChI is InChI=1S/C31H22N2S3/c1-2-6-20(5-1)24-9-14-34-29(24)21-17-22(30-25(10-15-35-30)27-7-3-12-32-27)19-23(18-21)31-26(11-16-36-31)28-8-4-13-33-28/h1-5,7-19,32-33H,6H2. The SMILES string of the molecule is C1=CCC(c2ccsc2-c2cc(-c3sccc3-c3ccc[nH]3)cc(-c3sccc3-c3ccc[nH]3)c2)=C1. The Bertz CT molecular complexity index is 1610. The number of benzene rings is 1. The predicted molar refractivity (Wildman–Crippen MR) is 158 cm³/mol. The van der Waals surface area contributed by atoms with Gasteiger partial charge >= 0.3 is 0 Å². The van der Waals surface area contributed by atoms with Crippen molar-refractivity contribution in [3.8, 4) is 53.8 Å². The van der Waals surface area contributed by atoms with Crippen molar-refractivity contribution < 1.29 is 0 Å². The largest absolute Gasteiger partial charge is 0.361 e. The number of hydrogen-bond donors (Lipinski definition) is 2. The molecule has 0 saturated carbocycles. The van der Waals surface area contributed by atoms with Crippen molar-refractivity contribution in [2.45, 2.75) is 6.42 Å². The molecular weight excluding hydrogens is 497 g/mol. The van der Waals surface area contributed by atoms with Crippen molar-refractivity contribution >= 4 is 39.6 Å². The first-order chi connectivity index (χ1) is 17.8. The van der Waals surface area contributed by atoms with Crippen LogP contribution in [0.1, 0.15) is 12.0 Å². The maximum absolute atomic E-state index is 3.40. The van der Waals surface area contributed by atoms with Crippen LogP contribution in [0, 0.1) is 0 Å². The summed E-state index contributed by atoms with van der Waals surface area (Å²) in [5.41, 5.74) is 11.3. The molecule has 0 fully saturated rings. The van der Waals surface area contributed by atoms with E-state index in [1.54, 1.807) is 22.7 Å². The fourth-order valence-electron chi connectivity index (χ4n) is 4.94. The van der Waals surface area contributed by atoms with Crippen LogP contribution in [0.5, 0.6) is 0 Å². The molecule has 5 heterocycles. The lowest BCUT2D eigenvalue weighted by atomic mass is 9.96. The molecule has 5 heteroatoms. The van der Waals surface area contributed by atoms with Gasteiger partial charge in [-0.25, -0.2) is 0 Å². The molecule has 2 nitrogen and oxygen atoms in total. The summed E-state index contributed by atoms with van der Waals surface area (Å²) in [6, 6.07) is 22.3. The minimum atomic E-state index is 1.00. The summed E-state index contributed by atoms with van der Waals surface area (Å²) in [6.45, 7) is 0. The van der Waals surface area contributed by atoms with Crippen molar-refractivity contribution in [1.82, 2.24) is 9.97 Å². The van der Waals surface area contributed by atoms with E-state index in [1.165, 1.54) is 53.6 Å². The summed E-state index contributed by atoms with van der Waals surface area (Å²) in [5.74, 6) is 0. The zero-order valence-corrected chi connectivity index (χ0v) is 21.8. The van der Waals surface area contributed by atoms with E-state index in [0.717, 1.165) is 17.8 Å². The van der Waals surface area contributed by atoms with E-state index in [2.05, 4.69) is 105 Å². The van der Waals surface area contributed by atoms with Gasteiger partial charge in [-0.1, -0.05) is 18.2 Å². The Morgan fingerprint density at radius 3 is 1.53 bits per heavy atom. The van der Waals surface area contributed by atoms with Crippen LogP contribution in [0.2, 0.25) is 0 Å². The average Bonchev–Trinajstić information content (AvgIpc) is 3.76. The molecule has 0 spiro atoms. The van der Waals surface area contributed by atoms with Crippen LogP contribution in [0.4, 0.5) is 0 Å². The van der Waals surface area contributed by atoms with Gasteiger partial charge in [-0.15, -0.1) is 34.0 Å². The van der Waals surface area contributed by atoms with Gasteiger partial charge in [0.1, 0.15) is 0 Å². The Hall–Kier alpha value is -3.64. The van der Waals surface area contributed by atoms with E-state index < -0.39 is 0 Å².